The zero-order valence-corrected chi connectivity index (χ0v) is 48.6. The summed E-state index contributed by atoms with van der Waals surface area (Å²) < 4.78 is 7.34. The quantitative estimate of drug-likeness (QED) is 0.132. The zero-order chi connectivity index (χ0) is 58.8. The molecule has 0 atom stereocenters. The van der Waals surface area contributed by atoms with Crippen molar-refractivity contribution < 1.29 is 0 Å². The topological polar surface area (TPSA) is 30.1 Å². The lowest BCUT2D eigenvalue weighted by atomic mass is 9.98. The predicted molar refractivity (Wildman–Crippen MR) is 376 cm³/mol. The molecule has 17 aromatic rings. The van der Waals surface area contributed by atoms with Crippen molar-refractivity contribution in [2.75, 3.05) is 10.2 Å². The van der Waals surface area contributed by atoms with Crippen LogP contribution in [0.1, 0.15) is 0 Å². The Morgan fingerprint density at radius 3 is 1.13 bits per heavy atom. The molecule has 14 aromatic carbocycles. The summed E-state index contributed by atoms with van der Waals surface area (Å²) in [5.41, 5.74) is 24.9. The summed E-state index contributed by atoms with van der Waals surface area (Å²) in [4.78, 5) is 2.37. The molecule has 0 saturated carbocycles. The Hall–Kier alpha value is -11.9. The molecule has 0 radical (unpaired) electrons. The van der Waals surface area contributed by atoms with Crippen LogP contribution in [-0.2, 0) is 0 Å². The first-order valence-electron chi connectivity index (χ1n) is 30.5. The van der Waals surface area contributed by atoms with Crippen molar-refractivity contribution in [2.24, 2.45) is 0 Å². The van der Waals surface area contributed by atoms with Crippen LogP contribution in [0.5, 0.6) is 0 Å². The maximum atomic E-state index is 3.93. The van der Waals surface area contributed by atoms with Gasteiger partial charge in [0.1, 0.15) is 0 Å². The van der Waals surface area contributed by atoms with Crippen molar-refractivity contribution in [3.8, 4) is 61.6 Å². The van der Waals surface area contributed by atoms with Crippen molar-refractivity contribution in [3.05, 3.63) is 340 Å². The van der Waals surface area contributed by atoms with Gasteiger partial charge in [-0.1, -0.05) is 212 Å². The van der Waals surface area contributed by atoms with E-state index in [1.54, 1.807) is 0 Å². The molecule has 0 unspecified atom stereocenters. The van der Waals surface area contributed by atoms with Gasteiger partial charge in [-0.2, -0.15) is 0 Å². The van der Waals surface area contributed by atoms with E-state index in [9.17, 15) is 0 Å². The van der Waals surface area contributed by atoms with E-state index in [2.05, 4.69) is 364 Å². The molecule has 0 amide bonds. The monoisotopic (exact) mass is 1140 g/mol. The van der Waals surface area contributed by atoms with Crippen LogP contribution in [0.15, 0.2) is 340 Å². The molecule has 418 valence electrons. The maximum Gasteiger partial charge on any atom is 0.0783 e. The van der Waals surface area contributed by atoms with Crippen LogP contribution in [-0.4, -0.2) is 13.7 Å². The molecular weight excluding hydrogens is 1080 g/mol. The van der Waals surface area contributed by atoms with E-state index in [0.717, 1.165) is 89.8 Å². The van der Waals surface area contributed by atoms with Crippen LogP contribution in [0.25, 0.3) is 127 Å². The Kier molecular flexibility index (Phi) is 12.5. The fourth-order valence-electron chi connectivity index (χ4n) is 13.6. The van der Waals surface area contributed by atoms with Gasteiger partial charge in [-0.25, -0.2) is 0 Å². The number of hydrogen-bond donors (Lipinski definition) is 1. The fraction of sp³-hybridized carbons (Fsp3) is 0. The lowest BCUT2D eigenvalue weighted by molar-refractivity contribution is 1.17. The summed E-state index contributed by atoms with van der Waals surface area (Å²) in [6.07, 6.45) is 0. The van der Waals surface area contributed by atoms with Gasteiger partial charge in [0.15, 0.2) is 0 Å². The molecule has 1 N–H and O–H groups in total. The van der Waals surface area contributed by atoms with Gasteiger partial charge in [0.25, 0.3) is 0 Å². The van der Waals surface area contributed by atoms with Gasteiger partial charge in [-0.15, -0.1) is 0 Å². The number of rotatable bonds is 12. The summed E-state index contributed by atoms with van der Waals surface area (Å²) in [5.74, 6) is 0. The third-order valence-electron chi connectivity index (χ3n) is 17.8. The lowest BCUT2D eigenvalue weighted by Crippen LogP contribution is -2.10. The molecule has 5 heteroatoms. The van der Waals surface area contributed by atoms with E-state index in [1.807, 2.05) is 0 Å². The van der Waals surface area contributed by atoms with E-state index in [1.165, 1.54) is 65.6 Å². The highest BCUT2D eigenvalue weighted by atomic mass is 15.1. The normalized spacial score (nSPS) is 11.6. The van der Waals surface area contributed by atoms with Gasteiger partial charge >= 0.3 is 0 Å². The second-order valence-electron chi connectivity index (χ2n) is 23.0. The standard InChI is InChI=1S/C84H57N5/c1-7-21-57(22-8-1)59-35-41-67(42-36-59)86(68-43-37-60(38-44-68)58-23-9-2-10-24-58)69-45-47-70(48-46-69)88-79-51-39-63(54-75(79)77-56-81-76(55-82(77)88)72-33-19-20-34-78(72)87(81)65-29-15-5-16-30-65)62-40-52-80-74(53-62)73-50-49-71(61-25-11-3-12-26-61)83(85-64-27-13-4-14-28-64)84(73)89(80)66-31-17-6-18-32-66/h1-56,85H. The summed E-state index contributed by atoms with van der Waals surface area (Å²) in [6.45, 7) is 0. The second kappa shape index (κ2) is 21.5. The first kappa shape index (κ1) is 51.5. The summed E-state index contributed by atoms with van der Waals surface area (Å²) >= 11 is 0. The molecule has 3 heterocycles. The predicted octanol–water partition coefficient (Wildman–Crippen LogP) is 22.9. The molecule has 0 saturated heterocycles. The highest BCUT2D eigenvalue weighted by molar-refractivity contribution is 6.20. The van der Waals surface area contributed by atoms with Gasteiger partial charge in [0, 0.05) is 77.7 Å². The molecule has 17 rings (SSSR count). The number of nitrogens with zero attached hydrogens (tertiary/aromatic N) is 4. The van der Waals surface area contributed by atoms with E-state index in [4.69, 9.17) is 0 Å². The number of benzene rings is 14. The van der Waals surface area contributed by atoms with Crippen molar-refractivity contribution in [3.63, 3.8) is 0 Å². The van der Waals surface area contributed by atoms with Crippen molar-refractivity contribution in [1.82, 2.24) is 13.7 Å². The number of para-hydroxylation sites is 4. The number of hydrogen-bond acceptors (Lipinski definition) is 2. The number of anilines is 5. The van der Waals surface area contributed by atoms with Crippen LogP contribution in [0.2, 0.25) is 0 Å². The van der Waals surface area contributed by atoms with Crippen LogP contribution in [0.4, 0.5) is 28.4 Å². The Morgan fingerprint density at radius 1 is 0.225 bits per heavy atom. The molecule has 0 aliphatic heterocycles. The Bertz CT molecular complexity index is 5360. The molecule has 89 heavy (non-hydrogen) atoms. The highest BCUT2D eigenvalue weighted by Crippen LogP contribution is 2.46. The molecule has 0 fully saturated rings. The van der Waals surface area contributed by atoms with Gasteiger partial charge in [-0.05, 0) is 166 Å². The Balaban J connectivity index is 0.850. The third kappa shape index (κ3) is 8.94. The van der Waals surface area contributed by atoms with Gasteiger partial charge in [0.2, 0.25) is 0 Å². The number of aromatic nitrogens is 3. The molecule has 0 bridgehead atoms. The molecule has 5 nitrogen and oxygen atoms in total. The SMILES string of the molecule is c1ccc(Nc2c(-c3ccccc3)ccc3c4cc(-c5ccc6c(c5)c5cc7c(cc5n6-c5ccc(N(c6ccc(-c8ccccc8)cc6)c6ccc(-c8ccccc8)cc6)cc5)c5ccccc5n7-c5ccccc5)ccc4n(-c4ccccc4)c23)cc1. The summed E-state index contributed by atoms with van der Waals surface area (Å²) in [7, 11) is 0. The highest BCUT2D eigenvalue weighted by Gasteiger charge is 2.23. The smallest absolute Gasteiger partial charge is 0.0783 e. The molecule has 3 aromatic heterocycles. The molecular formula is C84H57N5. The van der Waals surface area contributed by atoms with Crippen LogP contribution < -0.4 is 10.2 Å². The van der Waals surface area contributed by atoms with Gasteiger partial charge < -0.3 is 23.9 Å². The van der Waals surface area contributed by atoms with Gasteiger partial charge in [0.05, 0.1) is 38.8 Å². The minimum atomic E-state index is 1.03. The van der Waals surface area contributed by atoms with E-state index < -0.39 is 0 Å². The third-order valence-corrected chi connectivity index (χ3v) is 17.8. The van der Waals surface area contributed by atoms with Crippen LogP contribution >= 0.6 is 0 Å². The Morgan fingerprint density at radius 2 is 0.596 bits per heavy atom. The second-order valence-corrected chi connectivity index (χ2v) is 23.0. The van der Waals surface area contributed by atoms with E-state index >= 15 is 0 Å². The first-order chi connectivity index (χ1) is 44.1. The lowest BCUT2D eigenvalue weighted by Gasteiger charge is -2.26. The zero-order valence-electron chi connectivity index (χ0n) is 48.6. The van der Waals surface area contributed by atoms with Crippen molar-refractivity contribution in [1.29, 1.82) is 0 Å². The van der Waals surface area contributed by atoms with E-state index in [-0.39, 0.29) is 0 Å². The number of fused-ring (bicyclic) bond motifs is 9. The molecule has 0 spiro atoms. The fourth-order valence-corrected chi connectivity index (χ4v) is 13.6. The van der Waals surface area contributed by atoms with Crippen molar-refractivity contribution in [2.45, 2.75) is 0 Å². The summed E-state index contributed by atoms with van der Waals surface area (Å²) in [5, 5.41) is 11.1. The Labute approximate surface area is 516 Å². The largest absolute Gasteiger partial charge is 0.353 e. The average Bonchev–Trinajstić information content (AvgIpc) is 1.60. The first-order valence-corrected chi connectivity index (χ1v) is 30.5. The summed E-state index contributed by atoms with van der Waals surface area (Å²) in [6, 6.07) is 124. The van der Waals surface area contributed by atoms with Crippen LogP contribution in [0, 0.1) is 0 Å². The molecule has 0 aliphatic rings. The molecule has 0 aliphatic carbocycles. The average molecular weight is 1140 g/mol. The minimum Gasteiger partial charge on any atom is -0.353 e. The van der Waals surface area contributed by atoms with Crippen LogP contribution in [0.3, 0.4) is 0 Å². The maximum absolute atomic E-state index is 3.93. The van der Waals surface area contributed by atoms with Crippen molar-refractivity contribution >= 4 is 93.9 Å². The number of nitrogens with one attached hydrogen (secondary N) is 1. The minimum absolute atomic E-state index is 1.03. The van der Waals surface area contributed by atoms with Gasteiger partial charge in [-0.3, -0.25) is 0 Å². The van der Waals surface area contributed by atoms with E-state index in [0.29, 0.717) is 0 Å².